The van der Waals surface area contributed by atoms with Crippen LogP contribution in [0.5, 0.6) is 0 Å². The Morgan fingerprint density at radius 3 is 2.24 bits per heavy atom. The summed E-state index contributed by atoms with van der Waals surface area (Å²) in [5, 5.41) is 54.8. The van der Waals surface area contributed by atoms with Crippen molar-refractivity contribution in [3.05, 3.63) is 11.5 Å². The number of carbonyl (C=O) groups is 1. The Morgan fingerprint density at radius 1 is 1.24 bits per heavy atom. The molecule has 0 fully saturated rings. The first-order valence-electron chi connectivity index (χ1n) is 4.86. The fourth-order valence-corrected chi connectivity index (χ4v) is 1.39. The van der Waals surface area contributed by atoms with Crippen molar-refractivity contribution < 1.29 is 40.2 Å². The van der Waals surface area contributed by atoms with Crippen molar-refractivity contribution >= 4 is 5.97 Å². The lowest BCUT2D eigenvalue weighted by Crippen LogP contribution is -2.41. The van der Waals surface area contributed by atoms with Crippen LogP contribution in [0, 0.1) is 0 Å². The predicted octanol–water partition coefficient (Wildman–Crippen LogP) is -2.30. The number of cyclic esters (lactones) is 1. The number of rotatable bonds is 5. The van der Waals surface area contributed by atoms with Crippen molar-refractivity contribution in [2.45, 2.75) is 30.8 Å². The molecule has 2 unspecified atom stereocenters. The van der Waals surface area contributed by atoms with Gasteiger partial charge in [0, 0.05) is 6.42 Å². The maximum atomic E-state index is 10.8. The number of ether oxygens (including phenoxy) is 1. The second kappa shape index (κ2) is 5.32. The van der Waals surface area contributed by atoms with Crippen LogP contribution in [-0.2, 0) is 9.53 Å². The Morgan fingerprint density at radius 2 is 1.82 bits per heavy atom. The quantitative estimate of drug-likeness (QED) is 0.298. The number of hydrogen-bond acceptors (Lipinski definition) is 8. The monoisotopic (exact) mass is 250 g/mol. The number of esters is 1. The number of carbonyl (C=O) groups excluding carboxylic acids is 1. The van der Waals surface area contributed by atoms with Gasteiger partial charge in [-0.2, -0.15) is 0 Å². The van der Waals surface area contributed by atoms with Gasteiger partial charge in [-0.15, -0.1) is 0 Å². The summed E-state index contributed by atoms with van der Waals surface area (Å²) in [6.07, 6.45) is -6.47. The van der Waals surface area contributed by atoms with Gasteiger partial charge in [0.15, 0.2) is 11.9 Å². The van der Waals surface area contributed by atoms with Crippen LogP contribution < -0.4 is 0 Å². The summed E-state index contributed by atoms with van der Waals surface area (Å²) in [7, 11) is 0. The van der Waals surface area contributed by atoms with E-state index in [0.29, 0.717) is 0 Å². The van der Waals surface area contributed by atoms with Gasteiger partial charge in [-0.1, -0.05) is 0 Å². The Kier molecular flexibility index (Phi) is 4.29. The summed E-state index contributed by atoms with van der Waals surface area (Å²) in [6, 6.07) is 0. The Labute approximate surface area is 96.0 Å². The summed E-state index contributed by atoms with van der Waals surface area (Å²) in [5.74, 6) is -3.11. The highest BCUT2D eigenvalue weighted by atomic mass is 16.6. The lowest BCUT2D eigenvalue weighted by Gasteiger charge is -2.23. The van der Waals surface area contributed by atoms with Crippen LogP contribution in [0.1, 0.15) is 6.42 Å². The third-order valence-corrected chi connectivity index (χ3v) is 2.37. The van der Waals surface area contributed by atoms with E-state index in [9.17, 15) is 20.1 Å². The average Bonchev–Trinajstić information content (AvgIpc) is 2.55. The molecule has 1 heterocycles. The summed E-state index contributed by atoms with van der Waals surface area (Å²) in [6.45, 7) is -0.610. The zero-order chi connectivity index (χ0) is 13.2. The van der Waals surface area contributed by atoms with E-state index >= 15 is 0 Å². The topological polar surface area (TPSA) is 148 Å². The molecule has 0 bridgehead atoms. The van der Waals surface area contributed by atoms with Crippen LogP contribution in [0.25, 0.3) is 0 Å². The molecule has 0 saturated carbocycles. The van der Waals surface area contributed by atoms with Crippen molar-refractivity contribution in [1.82, 2.24) is 0 Å². The second-order valence-electron chi connectivity index (χ2n) is 3.69. The summed E-state index contributed by atoms with van der Waals surface area (Å²) in [4.78, 5) is 10.8. The molecule has 4 atom stereocenters. The Balaban J connectivity index is 2.65. The van der Waals surface area contributed by atoms with E-state index in [-0.39, 0.29) is 6.42 Å². The first-order chi connectivity index (χ1) is 7.88. The van der Waals surface area contributed by atoms with Crippen molar-refractivity contribution in [2.24, 2.45) is 0 Å². The third kappa shape index (κ3) is 2.86. The molecule has 6 N–H and O–H groups in total. The summed E-state index contributed by atoms with van der Waals surface area (Å²) >= 11 is 0. The molecule has 0 aliphatic carbocycles. The largest absolute Gasteiger partial charge is 0.505 e. The number of aliphatic hydroxyl groups is 6. The van der Waals surface area contributed by atoms with E-state index < -0.39 is 48.5 Å². The van der Waals surface area contributed by atoms with Crippen molar-refractivity contribution in [3.8, 4) is 0 Å². The van der Waals surface area contributed by atoms with Gasteiger partial charge in [-0.25, -0.2) is 4.79 Å². The molecule has 1 aliphatic heterocycles. The minimum Gasteiger partial charge on any atom is -0.505 e. The van der Waals surface area contributed by atoms with Crippen LogP contribution in [-0.4, -0.2) is 67.6 Å². The molecular formula is C9H14O8. The second-order valence-corrected chi connectivity index (χ2v) is 3.69. The Bertz CT molecular complexity index is 325. The van der Waals surface area contributed by atoms with Gasteiger partial charge in [0.2, 0.25) is 5.76 Å². The lowest BCUT2D eigenvalue weighted by molar-refractivity contribution is -0.151. The molecule has 0 spiro atoms. The third-order valence-electron chi connectivity index (χ3n) is 2.37. The van der Waals surface area contributed by atoms with E-state index in [2.05, 4.69) is 4.74 Å². The van der Waals surface area contributed by atoms with Crippen LogP contribution in [0.2, 0.25) is 0 Å². The van der Waals surface area contributed by atoms with E-state index in [4.69, 9.17) is 15.3 Å². The maximum Gasteiger partial charge on any atom is 0.377 e. The highest BCUT2D eigenvalue weighted by Crippen LogP contribution is 2.23. The molecule has 0 aromatic heterocycles. The lowest BCUT2D eigenvalue weighted by atomic mass is 10.0. The van der Waals surface area contributed by atoms with E-state index in [1.54, 1.807) is 0 Å². The number of aliphatic hydroxyl groups excluding tert-OH is 6. The first-order valence-corrected chi connectivity index (χ1v) is 4.86. The fourth-order valence-electron chi connectivity index (χ4n) is 1.39. The molecule has 8 nitrogen and oxygen atoms in total. The SMILES string of the molecule is O=C1O[C@H]([C@@H](O)C(O)CC(O)CO)C(O)=C1O. The van der Waals surface area contributed by atoms with Gasteiger partial charge < -0.3 is 35.4 Å². The standard InChI is InChI=1S/C9H14O8/c10-2-3(11)1-4(12)5(13)8-6(14)7(15)9(16)17-8/h3-5,8,10-15H,1-2H2/t3?,4?,5-,8+/m0/s1. The molecule has 0 amide bonds. The predicted molar refractivity (Wildman–Crippen MR) is 51.9 cm³/mol. The maximum absolute atomic E-state index is 10.8. The summed E-state index contributed by atoms with van der Waals surface area (Å²) < 4.78 is 4.42. The normalized spacial score (nSPS) is 25.6. The average molecular weight is 250 g/mol. The zero-order valence-corrected chi connectivity index (χ0v) is 8.72. The van der Waals surface area contributed by atoms with E-state index in [1.807, 2.05) is 0 Å². The van der Waals surface area contributed by atoms with Gasteiger partial charge in [0.05, 0.1) is 18.8 Å². The summed E-state index contributed by atoms with van der Waals surface area (Å²) in [5.41, 5.74) is 0. The molecule has 1 rings (SSSR count). The smallest absolute Gasteiger partial charge is 0.377 e. The van der Waals surface area contributed by atoms with E-state index in [0.717, 1.165) is 0 Å². The molecule has 17 heavy (non-hydrogen) atoms. The molecule has 0 aromatic carbocycles. The molecule has 8 heteroatoms. The van der Waals surface area contributed by atoms with Gasteiger partial charge in [-0.3, -0.25) is 0 Å². The highest BCUT2D eigenvalue weighted by Gasteiger charge is 2.42. The Hall–Kier alpha value is -1.35. The van der Waals surface area contributed by atoms with E-state index in [1.165, 1.54) is 0 Å². The van der Waals surface area contributed by atoms with Gasteiger partial charge in [0.1, 0.15) is 6.10 Å². The molecule has 98 valence electrons. The first kappa shape index (κ1) is 13.7. The van der Waals surface area contributed by atoms with Crippen LogP contribution in [0.4, 0.5) is 0 Å². The highest BCUT2D eigenvalue weighted by molar-refractivity contribution is 5.89. The fraction of sp³-hybridized carbons (Fsp3) is 0.667. The molecule has 0 aromatic rings. The van der Waals surface area contributed by atoms with Crippen LogP contribution in [0.15, 0.2) is 11.5 Å². The van der Waals surface area contributed by atoms with Crippen molar-refractivity contribution in [2.75, 3.05) is 6.61 Å². The molecular weight excluding hydrogens is 236 g/mol. The van der Waals surface area contributed by atoms with Gasteiger partial charge in [0.25, 0.3) is 0 Å². The van der Waals surface area contributed by atoms with Gasteiger partial charge >= 0.3 is 5.97 Å². The minimum atomic E-state index is -1.72. The minimum absolute atomic E-state index is 0.375. The number of hydrogen-bond donors (Lipinski definition) is 6. The van der Waals surface area contributed by atoms with Crippen LogP contribution >= 0.6 is 0 Å². The van der Waals surface area contributed by atoms with Gasteiger partial charge in [-0.05, 0) is 0 Å². The van der Waals surface area contributed by atoms with Crippen molar-refractivity contribution in [3.63, 3.8) is 0 Å². The van der Waals surface area contributed by atoms with Crippen molar-refractivity contribution in [1.29, 1.82) is 0 Å². The molecule has 1 aliphatic rings. The van der Waals surface area contributed by atoms with Crippen LogP contribution in [0.3, 0.4) is 0 Å². The zero-order valence-electron chi connectivity index (χ0n) is 8.72. The molecule has 0 radical (unpaired) electrons. The molecule has 0 saturated heterocycles.